The van der Waals surface area contributed by atoms with Gasteiger partial charge in [-0.15, -0.1) is 0 Å². The maximum atomic E-state index is 12.6. The molecule has 9 heteroatoms. The second kappa shape index (κ2) is 9.23. The van der Waals surface area contributed by atoms with Crippen molar-refractivity contribution in [3.8, 4) is 5.75 Å². The number of amides is 1. The molecule has 1 aromatic heterocycles. The zero-order valence-electron chi connectivity index (χ0n) is 17.4. The number of piperazine rings is 1. The number of benzene rings is 2. The Morgan fingerprint density at radius 1 is 1.06 bits per heavy atom. The normalized spacial score (nSPS) is 14.7. The van der Waals surface area contributed by atoms with Crippen LogP contribution in [0, 0.1) is 0 Å². The molecule has 2 aromatic carbocycles. The van der Waals surface area contributed by atoms with Gasteiger partial charge in [-0.25, -0.2) is 13.4 Å². The summed E-state index contributed by atoms with van der Waals surface area (Å²) < 4.78 is 31.6. The molecule has 31 heavy (non-hydrogen) atoms. The Balaban J connectivity index is 1.36. The van der Waals surface area contributed by atoms with Crippen molar-refractivity contribution in [2.24, 2.45) is 0 Å². The molecule has 0 aliphatic carbocycles. The van der Waals surface area contributed by atoms with E-state index in [0.29, 0.717) is 38.3 Å². The van der Waals surface area contributed by atoms with Gasteiger partial charge in [-0.2, -0.15) is 0 Å². The Kier molecular flexibility index (Phi) is 6.43. The third-order valence-corrected chi connectivity index (χ3v) is 7.69. The number of para-hydroxylation sites is 1. The number of carbonyl (C=O) groups excluding carboxylic acids is 1. The van der Waals surface area contributed by atoms with Gasteiger partial charge in [-0.3, -0.25) is 4.79 Å². The van der Waals surface area contributed by atoms with Crippen LogP contribution in [0.5, 0.6) is 5.75 Å². The predicted octanol–water partition coefficient (Wildman–Crippen LogP) is 2.96. The minimum atomic E-state index is -3.51. The van der Waals surface area contributed by atoms with Crippen LogP contribution in [0.4, 0.5) is 5.13 Å². The van der Waals surface area contributed by atoms with E-state index < -0.39 is 15.6 Å². The Morgan fingerprint density at radius 2 is 1.81 bits per heavy atom. The molecule has 1 aliphatic heterocycles. The largest absolute Gasteiger partial charge is 0.492 e. The summed E-state index contributed by atoms with van der Waals surface area (Å²) in [6, 6.07) is 14.9. The van der Waals surface area contributed by atoms with E-state index in [0.717, 1.165) is 21.1 Å². The van der Waals surface area contributed by atoms with Crippen LogP contribution in [0.1, 0.15) is 12.5 Å². The smallest absolute Gasteiger partial charge is 0.237 e. The summed E-state index contributed by atoms with van der Waals surface area (Å²) in [6.45, 7) is 4.73. The first-order chi connectivity index (χ1) is 14.9. The van der Waals surface area contributed by atoms with Crippen LogP contribution >= 0.6 is 11.3 Å². The summed E-state index contributed by atoms with van der Waals surface area (Å²) in [5, 5.41) is 0.894. The van der Waals surface area contributed by atoms with Crippen LogP contribution in [0.25, 0.3) is 10.2 Å². The van der Waals surface area contributed by atoms with Gasteiger partial charge in [0.25, 0.3) is 0 Å². The molecule has 3 aromatic rings. The molecular formula is C22H25N3O4S2. The van der Waals surface area contributed by atoms with Crippen LogP contribution in [-0.4, -0.2) is 62.7 Å². The topological polar surface area (TPSA) is 79.8 Å². The molecule has 164 valence electrons. The van der Waals surface area contributed by atoms with E-state index in [1.54, 1.807) is 40.5 Å². The molecule has 0 atom stereocenters. The molecule has 0 N–H and O–H groups in total. The number of hydrogen-bond acceptors (Lipinski definition) is 7. The fourth-order valence-electron chi connectivity index (χ4n) is 3.62. The summed E-state index contributed by atoms with van der Waals surface area (Å²) in [6.07, 6.45) is 0. The monoisotopic (exact) mass is 459 g/mol. The molecule has 0 spiro atoms. The molecule has 2 heterocycles. The maximum absolute atomic E-state index is 12.6. The van der Waals surface area contributed by atoms with Crippen molar-refractivity contribution < 1.29 is 17.9 Å². The second-order valence-corrected chi connectivity index (χ2v) is 10.5. The van der Waals surface area contributed by atoms with Crippen molar-refractivity contribution >= 4 is 42.4 Å². The fourth-order valence-corrected chi connectivity index (χ4v) is 6.02. The highest BCUT2D eigenvalue weighted by atomic mass is 32.2. The van der Waals surface area contributed by atoms with Crippen molar-refractivity contribution in [2.45, 2.75) is 12.7 Å². The van der Waals surface area contributed by atoms with Gasteiger partial charge in [0.2, 0.25) is 5.91 Å². The van der Waals surface area contributed by atoms with E-state index in [2.05, 4.69) is 4.90 Å². The van der Waals surface area contributed by atoms with Crippen molar-refractivity contribution in [3.63, 3.8) is 0 Å². The molecule has 7 nitrogen and oxygen atoms in total. The molecule has 1 fully saturated rings. The summed E-state index contributed by atoms with van der Waals surface area (Å²) in [5.41, 5.74) is 1.55. The van der Waals surface area contributed by atoms with Crippen molar-refractivity contribution in [3.05, 3.63) is 54.1 Å². The van der Waals surface area contributed by atoms with Gasteiger partial charge in [-0.1, -0.05) is 47.7 Å². The minimum absolute atomic E-state index is 0.118. The fraction of sp³-hybridized carbons (Fsp3) is 0.364. The van der Waals surface area contributed by atoms with E-state index >= 15 is 0 Å². The lowest BCUT2D eigenvalue weighted by Gasteiger charge is -2.34. The third-order valence-electron chi connectivity index (χ3n) is 5.15. The highest BCUT2D eigenvalue weighted by molar-refractivity contribution is 7.91. The van der Waals surface area contributed by atoms with Crippen molar-refractivity contribution in [2.75, 3.05) is 43.4 Å². The molecule has 4 rings (SSSR count). The third kappa shape index (κ3) is 5.16. The first-order valence-electron chi connectivity index (χ1n) is 10.2. The van der Waals surface area contributed by atoms with E-state index in [1.165, 1.54) is 0 Å². The molecule has 0 radical (unpaired) electrons. The number of thiazole rings is 1. The zero-order valence-corrected chi connectivity index (χ0v) is 19.0. The summed E-state index contributed by atoms with van der Waals surface area (Å²) in [4.78, 5) is 21.1. The van der Waals surface area contributed by atoms with Gasteiger partial charge < -0.3 is 14.5 Å². The highest BCUT2D eigenvalue weighted by Gasteiger charge is 2.27. The first-order valence-corrected chi connectivity index (χ1v) is 12.9. The summed E-state index contributed by atoms with van der Waals surface area (Å²) in [7, 11) is -3.51. The molecule has 0 unspecified atom stereocenters. The molecule has 1 amide bonds. The molecule has 1 aliphatic rings. The summed E-state index contributed by atoms with van der Waals surface area (Å²) >= 11 is 1.60. The second-order valence-electron chi connectivity index (χ2n) is 7.42. The van der Waals surface area contributed by atoms with Crippen LogP contribution in [0.3, 0.4) is 0 Å². The first kappa shape index (κ1) is 21.6. The van der Waals surface area contributed by atoms with Gasteiger partial charge in [0.15, 0.2) is 15.0 Å². The number of nitrogens with zero attached hydrogens (tertiary/aromatic N) is 3. The van der Waals surface area contributed by atoms with Gasteiger partial charge in [0, 0.05) is 26.2 Å². The van der Waals surface area contributed by atoms with E-state index in [4.69, 9.17) is 9.72 Å². The predicted molar refractivity (Wildman–Crippen MR) is 124 cm³/mol. The van der Waals surface area contributed by atoms with Gasteiger partial charge in [0.1, 0.15) is 17.0 Å². The lowest BCUT2D eigenvalue weighted by atomic mass is 10.2. The Morgan fingerprint density at radius 3 is 2.52 bits per heavy atom. The van der Waals surface area contributed by atoms with Crippen molar-refractivity contribution in [1.82, 2.24) is 9.88 Å². The van der Waals surface area contributed by atoms with Crippen LogP contribution in [-0.2, 0) is 20.4 Å². The number of rotatable bonds is 7. The molecule has 0 bridgehead atoms. The Labute approximate surface area is 186 Å². The molecule has 0 saturated carbocycles. The summed E-state index contributed by atoms with van der Waals surface area (Å²) in [5.74, 6) is -0.132. The number of aromatic nitrogens is 1. The SMILES string of the molecule is CCOc1cccc2sc(N3CCN(C(=O)CS(=O)(=O)Cc4ccccc4)CC3)nc12. The van der Waals surface area contributed by atoms with Crippen LogP contribution < -0.4 is 9.64 Å². The van der Waals surface area contributed by atoms with E-state index in [9.17, 15) is 13.2 Å². The van der Waals surface area contributed by atoms with Crippen molar-refractivity contribution in [1.29, 1.82) is 0 Å². The number of ether oxygens (including phenoxy) is 1. The number of fused-ring (bicyclic) bond motifs is 1. The van der Waals surface area contributed by atoms with Gasteiger partial charge >= 0.3 is 0 Å². The van der Waals surface area contributed by atoms with E-state index in [1.807, 2.05) is 31.2 Å². The number of carbonyl (C=O) groups is 1. The minimum Gasteiger partial charge on any atom is -0.492 e. The number of sulfone groups is 1. The lowest BCUT2D eigenvalue weighted by molar-refractivity contribution is -0.128. The van der Waals surface area contributed by atoms with Gasteiger partial charge in [0.05, 0.1) is 17.1 Å². The Hall–Kier alpha value is -2.65. The van der Waals surface area contributed by atoms with Crippen LogP contribution in [0.2, 0.25) is 0 Å². The zero-order chi connectivity index (χ0) is 21.8. The maximum Gasteiger partial charge on any atom is 0.237 e. The Bertz CT molecular complexity index is 1150. The number of anilines is 1. The number of hydrogen-bond donors (Lipinski definition) is 0. The lowest BCUT2D eigenvalue weighted by Crippen LogP contribution is -2.50. The molecule has 1 saturated heterocycles. The average molecular weight is 460 g/mol. The van der Waals surface area contributed by atoms with Gasteiger partial charge in [-0.05, 0) is 24.6 Å². The van der Waals surface area contributed by atoms with Crippen LogP contribution in [0.15, 0.2) is 48.5 Å². The van der Waals surface area contributed by atoms with E-state index in [-0.39, 0.29) is 11.7 Å². The standard InChI is InChI=1S/C22H25N3O4S2/c1-2-29-18-9-6-10-19-21(18)23-22(30-19)25-13-11-24(12-14-25)20(26)16-31(27,28)15-17-7-4-3-5-8-17/h3-10H,2,11-16H2,1H3. The molecular weight excluding hydrogens is 434 g/mol. The quantitative estimate of drug-likeness (QED) is 0.541. The highest BCUT2D eigenvalue weighted by Crippen LogP contribution is 2.34. The average Bonchev–Trinajstić information content (AvgIpc) is 3.19.